The Hall–Kier alpha value is -1.95. The second-order valence-corrected chi connectivity index (χ2v) is 4.83. The lowest BCUT2D eigenvalue weighted by Gasteiger charge is -2.26. The van der Waals surface area contributed by atoms with Crippen LogP contribution in [0.1, 0.15) is 12.6 Å². The van der Waals surface area contributed by atoms with E-state index >= 15 is 0 Å². The number of nitrogens with zero attached hydrogens (tertiary/aromatic N) is 3. The Bertz CT molecular complexity index is 638. The number of aliphatic hydroxyl groups is 2. The second-order valence-electron chi connectivity index (χ2n) is 4.83. The van der Waals surface area contributed by atoms with Crippen molar-refractivity contribution in [1.82, 2.24) is 14.8 Å². The predicted molar refractivity (Wildman–Crippen MR) is 62.5 cm³/mol. The van der Waals surface area contributed by atoms with E-state index in [-0.39, 0.29) is 12.4 Å². The lowest BCUT2D eigenvalue weighted by atomic mass is 9.97. The Kier molecular flexibility index (Phi) is 2.25. The van der Waals surface area contributed by atoms with Gasteiger partial charge in [0.25, 0.3) is 0 Å². The molecule has 1 saturated heterocycles. The third-order valence-electron chi connectivity index (χ3n) is 3.73. The molecule has 0 amide bonds. The van der Waals surface area contributed by atoms with E-state index in [0.29, 0.717) is 6.42 Å². The van der Waals surface area contributed by atoms with Crippen LogP contribution in [0.15, 0.2) is 11.0 Å². The molecule has 100 valence electrons. The van der Waals surface area contributed by atoms with Gasteiger partial charge in [0, 0.05) is 5.92 Å². The van der Waals surface area contributed by atoms with Crippen LogP contribution in [0.3, 0.4) is 0 Å². The Labute approximate surface area is 107 Å². The number of aliphatic hydroxyl groups excluding tert-OH is 1. The normalized spacial score (nSPS) is 39.6. The molecule has 2 fully saturated rings. The third-order valence-corrected chi connectivity index (χ3v) is 3.73. The van der Waals surface area contributed by atoms with Gasteiger partial charge in [-0.15, -0.1) is 6.42 Å². The minimum atomic E-state index is -1.70. The summed E-state index contributed by atoms with van der Waals surface area (Å²) in [5.74, 6) is 1.78. The number of hydrogen-bond donors (Lipinski definition) is 3. The summed E-state index contributed by atoms with van der Waals surface area (Å²) in [4.78, 5) is 15.2. The second kappa shape index (κ2) is 3.54. The van der Waals surface area contributed by atoms with Crippen molar-refractivity contribution in [2.45, 2.75) is 23.9 Å². The highest BCUT2D eigenvalue weighted by atomic mass is 16.6. The number of anilines is 1. The highest BCUT2D eigenvalue weighted by Crippen LogP contribution is 2.63. The molecule has 1 aromatic heterocycles. The molecule has 0 bridgehead atoms. The standard InChI is InChI=1S/C11H12N4O4/c1-2-11(18)6-3-10(6,5-16)19-8(11)15-9(17)14-7(12)4-13-15/h1,4,6,8,16,18H,3,5H2,(H2,12,14,17)/t6?,8-,10?,11?/m1/s1. The molecule has 1 aliphatic heterocycles. The summed E-state index contributed by atoms with van der Waals surface area (Å²) in [5.41, 5.74) is 1.98. The highest BCUT2D eigenvalue weighted by Gasteiger charge is 2.74. The SMILES string of the molecule is C#CC1(O)C2CC2(CO)O[C@H]1n1ncc(N)nc1=O. The van der Waals surface area contributed by atoms with Gasteiger partial charge in [-0.25, -0.2) is 4.79 Å². The van der Waals surface area contributed by atoms with Crippen LogP contribution in [-0.4, -0.2) is 42.8 Å². The van der Waals surface area contributed by atoms with Gasteiger partial charge in [-0.1, -0.05) is 5.92 Å². The maximum Gasteiger partial charge on any atom is 0.368 e. The molecular formula is C11H12N4O4. The average Bonchev–Trinajstić information content (AvgIpc) is 3.06. The van der Waals surface area contributed by atoms with Gasteiger partial charge in [0.15, 0.2) is 11.8 Å². The molecule has 3 unspecified atom stereocenters. The lowest BCUT2D eigenvalue weighted by Crippen LogP contribution is -2.43. The number of rotatable bonds is 2. The molecule has 1 aromatic rings. The predicted octanol–water partition coefficient (Wildman–Crippen LogP) is -2.14. The Balaban J connectivity index is 2.06. The van der Waals surface area contributed by atoms with Gasteiger partial charge in [0.1, 0.15) is 11.4 Å². The van der Waals surface area contributed by atoms with E-state index in [4.69, 9.17) is 16.9 Å². The first kappa shape index (κ1) is 12.1. The molecule has 19 heavy (non-hydrogen) atoms. The number of nitrogens with two attached hydrogens (primary N) is 1. The number of ether oxygens (including phenoxy) is 1. The molecular weight excluding hydrogens is 252 g/mol. The molecule has 8 nitrogen and oxygen atoms in total. The van der Waals surface area contributed by atoms with E-state index in [9.17, 15) is 15.0 Å². The fourth-order valence-corrected chi connectivity index (χ4v) is 2.60. The summed E-state index contributed by atoms with van der Waals surface area (Å²) in [6.07, 6.45) is 5.79. The summed E-state index contributed by atoms with van der Waals surface area (Å²) in [5, 5.41) is 23.6. The van der Waals surface area contributed by atoms with Crippen LogP contribution in [0.4, 0.5) is 5.82 Å². The zero-order valence-electron chi connectivity index (χ0n) is 9.85. The molecule has 1 saturated carbocycles. The largest absolute Gasteiger partial charge is 0.393 e. The summed E-state index contributed by atoms with van der Waals surface area (Å²) in [7, 11) is 0. The van der Waals surface area contributed by atoms with E-state index in [1.807, 2.05) is 0 Å². The van der Waals surface area contributed by atoms with Crippen LogP contribution in [0.5, 0.6) is 0 Å². The fraction of sp³-hybridized carbons (Fsp3) is 0.545. The molecule has 4 atom stereocenters. The zero-order chi connectivity index (χ0) is 13.8. The van der Waals surface area contributed by atoms with E-state index in [2.05, 4.69) is 16.0 Å². The molecule has 3 rings (SSSR count). The summed E-state index contributed by atoms with van der Waals surface area (Å²) in [6, 6.07) is 0. The van der Waals surface area contributed by atoms with Crippen molar-refractivity contribution >= 4 is 5.82 Å². The first-order chi connectivity index (χ1) is 8.97. The average molecular weight is 264 g/mol. The fourth-order valence-electron chi connectivity index (χ4n) is 2.60. The smallest absolute Gasteiger partial charge is 0.368 e. The maximum absolute atomic E-state index is 11.7. The maximum atomic E-state index is 11.7. The van der Waals surface area contributed by atoms with Crippen molar-refractivity contribution in [3.05, 3.63) is 16.7 Å². The molecule has 2 aliphatic rings. The number of aromatic nitrogens is 3. The van der Waals surface area contributed by atoms with Crippen molar-refractivity contribution in [2.75, 3.05) is 12.3 Å². The monoisotopic (exact) mass is 264 g/mol. The number of terminal acetylenes is 1. The van der Waals surface area contributed by atoms with Crippen molar-refractivity contribution in [2.24, 2.45) is 5.92 Å². The van der Waals surface area contributed by atoms with Crippen LogP contribution < -0.4 is 11.4 Å². The number of hydrogen-bond acceptors (Lipinski definition) is 7. The van der Waals surface area contributed by atoms with Crippen molar-refractivity contribution < 1.29 is 14.9 Å². The molecule has 1 aliphatic carbocycles. The topological polar surface area (TPSA) is 123 Å². The Morgan fingerprint density at radius 2 is 2.47 bits per heavy atom. The van der Waals surface area contributed by atoms with Gasteiger partial charge in [-0.2, -0.15) is 14.8 Å². The van der Waals surface area contributed by atoms with Crippen LogP contribution in [0.2, 0.25) is 0 Å². The van der Waals surface area contributed by atoms with Crippen LogP contribution in [0.25, 0.3) is 0 Å². The van der Waals surface area contributed by atoms with Gasteiger partial charge >= 0.3 is 5.69 Å². The third kappa shape index (κ3) is 1.43. The Morgan fingerprint density at radius 3 is 3.05 bits per heavy atom. The van der Waals surface area contributed by atoms with E-state index < -0.39 is 29.0 Å². The first-order valence-corrected chi connectivity index (χ1v) is 5.67. The molecule has 4 N–H and O–H groups in total. The minimum Gasteiger partial charge on any atom is -0.393 e. The van der Waals surface area contributed by atoms with Gasteiger partial charge in [0.2, 0.25) is 0 Å². The molecule has 8 heteroatoms. The minimum absolute atomic E-state index is 0.0366. The summed E-state index contributed by atoms with van der Waals surface area (Å²) >= 11 is 0. The molecule has 0 aromatic carbocycles. The number of nitrogen functional groups attached to an aromatic ring is 1. The van der Waals surface area contributed by atoms with Gasteiger partial charge in [-0.3, -0.25) is 0 Å². The van der Waals surface area contributed by atoms with Crippen LogP contribution in [0, 0.1) is 18.3 Å². The molecule has 2 heterocycles. The van der Waals surface area contributed by atoms with E-state index in [0.717, 1.165) is 10.9 Å². The number of fused-ring (bicyclic) bond motifs is 1. The quantitative estimate of drug-likeness (QED) is 0.521. The van der Waals surface area contributed by atoms with Crippen molar-refractivity contribution in [1.29, 1.82) is 0 Å². The summed E-state index contributed by atoms with van der Waals surface area (Å²) in [6.45, 7) is -0.282. The van der Waals surface area contributed by atoms with Gasteiger partial charge in [-0.05, 0) is 6.42 Å². The molecule has 0 spiro atoms. The highest BCUT2D eigenvalue weighted by molar-refractivity contribution is 5.30. The summed E-state index contributed by atoms with van der Waals surface area (Å²) < 4.78 is 6.41. The van der Waals surface area contributed by atoms with E-state index in [1.54, 1.807) is 0 Å². The van der Waals surface area contributed by atoms with Gasteiger partial charge < -0.3 is 20.7 Å². The van der Waals surface area contributed by atoms with Crippen molar-refractivity contribution in [3.63, 3.8) is 0 Å². The van der Waals surface area contributed by atoms with Crippen LogP contribution in [-0.2, 0) is 4.74 Å². The van der Waals surface area contributed by atoms with Crippen LogP contribution >= 0.6 is 0 Å². The first-order valence-electron chi connectivity index (χ1n) is 5.67. The van der Waals surface area contributed by atoms with E-state index in [1.165, 1.54) is 0 Å². The van der Waals surface area contributed by atoms with Gasteiger partial charge in [0.05, 0.1) is 12.8 Å². The van der Waals surface area contributed by atoms with Crippen molar-refractivity contribution in [3.8, 4) is 12.3 Å². The lowest BCUT2D eigenvalue weighted by molar-refractivity contribution is -0.120. The molecule has 0 radical (unpaired) electrons. The Morgan fingerprint density at radius 1 is 1.74 bits per heavy atom. The zero-order valence-corrected chi connectivity index (χ0v) is 9.85.